The number of aldehydes is 1. The molecule has 0 spiro atoms. The van der Waals surface area contributed by atoms with Crippen molar-refractivity contribution in [1.29, 1.82) is 0 Å². The molecule has 0 N–H and O–H groups in total. The first-order valence-electron chi connectivity index (χ1n) is 31.1. The lowest BCUT2D eigenvalue weighted by atomic mass is 9.82. The topological polar surface area (TPSA) is 316 Å². The number of esters is 11. The van der Waals surface area contributed by atoms with Gasteiger partial charge in [0.2, 0.25) is 0 Å². The molecule has 0 aliphatic heterocycles. The average Bonchev–Trinajstić information content (AvgIpc) is 0.927. The van der Waals surface area contributed by atoms with Crippen LogP contribution in [0.1, 0.15) is 158 Å². The first kappa shape index (κ1) is 79.3. The van der Waals surface area contributed by atoms with Crippen LogP contribution < -0.4 is 18.9 Å². The molecule has 3 saturated carbocycles. The first-order chi connectivity index (χ1) is 44.4. The van der Waals surface area contributed by atoms with Gasteiger partial charge in [0.15, 0.2) is 0 Å². The molecule has 0 radical (unpaired) electrons. The molecule has 2 aromatic rings. The molecule has 3 aliphatic rings. The Labute approximate surface area is 537 Å². The van der Waals surface area contributed by atoms with Gasteiger partial charge in [-0.25, -0.2) is 24.0 Å². The first-order valence-corrected chi connectivity index (χ1v) is 31.1. The lowest BCUT2D eigenvalue weighted by Gasteiger charge is -2.26. The lowest BCUT2D eigenvalue weighted by molar-refractivity contribution is -0.152. The van der Waals surface area contributed by atoms with Gasteiger partial charge in [0.25, 0.3) is 0 Å². The molecule has 92 heavy (non-hydrogen) atoms. The Balaban J connectivity index is 0.00000302. The normalized spacial score (nSPS) is 17.8. The second-order valence-electron chi connectivity index (χ2n) is 20.9. The highest BCUT2D eigenvalue weighted by atomic mass is 16.6. The number of unbranched alkanes of at least 4 members (excludes halogenated alkanes) is 2. The lowest BCUT2D eigenvalue weighted by Crippen LogP contribution is -2.30. The van der Waals surface area contributed by atoms with Crippen LogP contribution in [-0.2, 0) is 85.8 Å². The van der Waals surface area contributed by atoms with Crippen molar-refractivity contribution < 1.29 is 114 Å². The van der Waals surface area contributed by atoms with Crippen LogP contribution in [0.3, 0.4) is 0 Å². The molecule has 0 unspecified atom stereocenters. The summed E-state index contributed by atoms with van der Waals surface area (Å²) in [7, 11) is 1.42. The van der Waals surface area contributed by atoms with E-state index in [9.17, 15) is 52.7 Å². The molecule has 0 saturated heterocycles. The minimum Gasteiger partial charge on any atom is -0.465 e. The molecule has 3 fully saturated rings. The average molecular weight is 1290 g/mol. The van der Waals surface area contributed by atoms with Gasteiger partial charge in [0.1, 0.15) is 60.2 Å². The summed E-state index contributed by atoms with van der Waals surface area (Å²) in [6, 6.07) is 7.71. The molecule has 0 heterocycles. The maximum absolute atomic E-state index is 13.6. The van der Waals surface area contributed by atoms with Gasteiger partial charge in [-0.15, -0.1) is 0 Å². The number of benzene rings is 2. The van der Waals surface area contributed by atoms with Crippen molar-refractivity contribution in [2.45, 2.75) is 137 Å². The number of carbonyl (C=O) groups excluding carboxylic acids is 12. The zero-order chi connectivity index (χ0) is 68.2. The summed E-state index contributed by atoms with van der Waals surface area (Å²) in [4.78, 5) is 149. The molecular weight excluding hydrogens is 1200 g/mol. The SMILES string of the molecule is C=CC(=O)OCCCCOC(=O)C1CCC(C(=O)Oc2ccc(OC(=O)C3CCC(C(=O)Oc4ccc(OC(=O)C5CCC(C(=O)OCCCCOC(=O)C=C)CC5)c(C(=O)OCCOC(=O)C=C)c4)CC3)cc2C(=O)OCCOC)CC1.C=CC=O.CC.CCC. The van der Waals surface area contributed by atoms with E-state index < -0.39 is 95.2 Å². The molecule has 0 atom stereocenters. The maximum Gasteiger partial charge on any atom is 0.342 e. The summed E-state index contributed by atoms with van der Waals surface area (Å²) in [6.45, 7) is 21.3. The van der Waals surface area contributed by atoms with Crippen molar-refractivity contribution in [1.82, 2.24) is 0 Å². The van der Waals surface area contributed by atoms with Crippen LogP contribution in [0.5, 0.6) is 23.0 Å². The molecule has 3 aliphatic carbocycles. The van der Waals surface area contributed by atoms with E-state index in [1.807, 2.05) is 13.8 Å². The zero-order valence-electron chi connectivity index (χ0n) is 53.6. The van der Waals surface area contributed by atoms with E-state index in [0.717, 1.165) is 18.2 Å². The smallest absolute Gasteiger partial charge is 0.342 e. The number of methoxy groups -OCH3 is 1. The Kier molecular flexibility index (Phi) is 39.9. The van der Waals surface area contributed by atoms with Gasteiger partial charge in [-0.1, -0.05) is 60.4 Å². The van der Waals surface area contributed by atoms with Gasteiger partial charge in [-0.2, -0.15) is 0 Å². The van der Waals surface area contributed by atoms with Gasteiger partial charge < -0.3 is 56.8 Å². The van der Waals surface area contributed by atoms with Crippen LogP contribution in [0.25, 0.3) is 0 Å². The molecule has 24 nitrogen and oxygen atoms in total. The molecule has 2 aromatic carbocycles. The molecule has 24 heteroatoms. The number of allylic oxidation sites excluding steroid dienone is 1. The maximum atomic E-state index is 13.6. The van der Waals surface area contributed by atoms with E-state index in [2.05, 4.69) is 40.2 Å². The van der Waals surface area contributed by atoms with E-state index in [1.54, 1.807) is 0 Å². The fraction of sp³-hybridized carbons (Fsp3) is 0.529. The van der Waals surface area contributed by atoms with E-state index >= 15 is 0 Å². The highest BCUT2D eigenvalue weighted by Crippen LogP contribution is 2.37. The molecular formula is C68H90O24. The summed E-state index contributed by atoms with van der Waals surface area (Å²) in [5.74, 6) is -10.8. The summed E-state index contributed by atoms with van der Waals surface area (Å²) in [5.41, 5.74) is -0.454. The van der Waals surface area contributed by atoms with Crippen molar-refractivity contribution in [3.63, 3.8) is 0 Å². The van der Waals surface area contributed by atoms with Crippen molar-refractivity contribution in [3.8, 4) is 23.0 Å². The minimum absolute atomic E-state index is 0.0337. The van der Waals surface area contributed by atoms with Crippen LogP contribution in [-0.4, -0.2) is 132 Å². The van der Waals surface area contributed by atoms with Gasteiger partial charge >= 0.3 is 65.7 Å². The quantitative estimate of drug-likeness (QED) is 0.0164. The standard InChI is InChI=1S/C60H72O23.C3H4O.C3H8.C2H6/c1-5-50(61)73-28-8-10-30-76-53(64)38-12-16-42(17-13-38)57(68)82-48-26-24-44(36-46(48)59(70)78-33-32-72-4)80-55(66)40-20-22-41(23-21-40)56(67)81-45-25-27-49(47(37-45)60(71)79-35-34-75-52(63)7-3)83-58(69)43-18-14-39(15-19-43)54(65)77-31-11-9-29-74-51(62)6-2;1-2-3-4;1-3-2;1-2/h5-7,24-27,36-43H,1-3,8-23,28-35H2,4H3;2-3H,1H2;3H2,1-2H3;1-2H3. The van der Waals surface area contributed by atoms with Gasteiger partial charge in [0, 0.05) is 25.3 Å². The van der Waals surface area contributed by atoms with Gasteiger partial charge in [-0.3, -0.25) is 33.6 Å². The van der Waals surface area contributed by atoms with Crippen LogP contribution in [0.2, 0.25) is 0 Å². The third kappa shape index (κ3) is 29.9. The Morgan fingerprint density at radius 2 is 0.652 bits per heavy atom. The molecule has 0 aromatic heterocycles. The highest BCUT2D eigenvalue weighted by Gasteiger charge is 2.36. The number of hydrogen-bond acceptors (Lipinski definition) is 24. The van der Waals surface area contributed by atoms with E-state index in [0.29, 0.717) is 83.3 Å². The summed E-state index contributed by atoms with van der Waals surface area (Å²) in [6.07, 6.45) is 11.8. The van der Waals surface area contributed by atoms with Gasteiger partial charge in [0.05, 0.1) is 68.5 Å². The molecule has 0 amide bonds. The largest absolute Gasteiger partial charge is 0.465 e. The van der Waals surface area contributed by atoms with Crippen molar-refractivity contribution in [3.05, 3.63) is 98.1 Å². The molecule has 0 bridgehead atoms. The Bertz CT molecular complexity index is 2750. The molecule has 5 rings (SSSR count). The predicted octanol–water partition coefficient (Wildman–Crippen LogP) is 10.0. The second-order valence-corrected chi connectivity index (χ2v) is 20.9. The minimum atomic E-state index is -0.984. The Hall–Kier alpha value is -8.80. The Morgan fingerprint density at radius 3 is 0.946 bits per heavy atom. The number of rotatable bonds is 32. The monoisotopic (exact) mass is 1290 g/mol. The number of carbonyl (C=O) groups is 12. The predicted molar refractivity (Wildman–Crippen MR) is 332 cm³/mol. The highest BCUT2D eigenvalue weighted by molar-refractivity contribution is 5.95. The fourth-order valence-electron chi connectivity index (χ4n) is 9.28. The van der Waals surface area contributed by atoms with E-state index in [-0.39, 0.29) is 119 Å². The number of hydrogen-bond donors (Lipinski definition) is 0. The van der Waals surface area contributed by atoms with Crippen molar-refractivity contribution in [2.75, 3.05) is 60.0 Å². The summed E-state index contributed by atoms with van der Waals surface area (Å²) < 4.78 is 63.9. The second kappa shape index (κ2) is 46.3. The van der Waals surface area contributed by atoms with Crippen LogP contribution in [0, 0.1) is 35.5 Å². The summed E-state index contributed by atoms with van der Waals surface area (Å²) in [5, 5.41) is 0. The van der Waals surface area contributed by atoms with E-state index in [1.165, 1.54) is 56.0 Å². The van der Waals surface area contributed by atoms with Crippen molar-refractivity contribution in [2.24, 2.45) is 35.5 Å². The third-order valence-electron chi connectivity index (χ3n) is 14.1. The van der Waals surface area contributed by atoms with Crippen molar-refractivity contribution >= 4 is 71.9 Å². The summed E-state index contributed by atoms with van der Waals surface area (Å²) >= 11 is 0. The Morgan fingerprint density at radius 1 is 0.391 bits per heavy atom. The fourth-order valence-corrected chi connectivity index (χ4v) is 9.28. The van der Waals surface area contributed by atoms with Crippen LogP contribution in [0.15, 0.2) is 87.0 Å². The molecule has 506 valence electrons. The van der Waals surface area contributed by atoms with Gasteiger partial charge in [-0.05, 0) is 145 Å². The van der Waals surface area contributed by atoms with E-state index in [4.69, 9.17) is 61.6 Å². The van der Waals surface area contributed by atoms with Crippen LogP contribution >= 0.6 is 0 Å². The van der Waals surface area contributed by atoms with Crippen LogP contribution in [0.4, 0.5) is 0 Å². The number of ether oxygens (including phenoxy) is 12. The zero-order valence-corrected chi connectivity index (χ0v) is 53.6. The third-order valence-corrected chi connectivity index (χ3v) is 14.1.